The number of guanidine groups is 2. The molecule has 5 rings (SSSR count). The van der Waals surface area contributed by atoms with E-state index in [4.69, 9.17) is 22.9 Å². The van der Waals surface area contributed by atoms with Crippen LogP contribution >= 0.6 is 0 Å². The lowest BCUT2D eigenvalue weighted by atomic mass is 9.91. The molecule has 0 bridgehead atoms. The van der Waals surface area contributed by atoms with E-state index < -0.39 is 60.2 Å². The van der Waals surface area contributed by atoms with Gasteiger partial charge in [-0.3, -0.25) is 34.0 Å². The Morgan fingerprint density at radius 3 is 1.87 bits per heavy atom. The highest BCUT2D eigenvalue weighted by Crippen LogP contribution is 2.34. The van der Waals surface area contributed by atoms with Crippen LogP contribution in [0, 0.1) is 0 Å². The Labute approximate surface area is 313 Å². The van der Waals surface area contributed by atoms with Crippen molar-refractivity contribution in [2.45, 2.75) is 68.6 Å². The van der Waals surface area contributed by atoms with Gasteiger partial charge in [0.1, 0.15) is 24.2 Å². The monoisotopic (exact) mass is 739 g/mol. The van der Waals surface area contributed by atoms with Gasteiger partial charge in [0, 0.05) is 32.0 Å². The van der Waals surface area contributed by atoms with Crippen molar-refractivity contribution in [2.75, 3.05) is 26.2 Å². The van der Waals surface area contributed by atoms with E-state index in [1.165, 1.54) is 4.90 Å². The third-order valence-electron chi connectivity index (χ3n) is 9.67. The second kappa shape index (κ2) is 18.5. The zero-order valence-electron chi connectivity index (χ0n) is 30.1. The number of nitrogens with one attached hydrogen (secondary N) is 4. The summed E-state index contributed by atoms with van der Waals surface area (Å²) in [6, 6.07) is 18.5. The summed E-state index contributed by atoms with van der Waals surface area (Å²) in [4.78, 5) is 79.5. The van der Waals surface area contributed by atoms with Crippen LogP contribution in [0.5, 0.6) is 0 Å². The molecule has 16 heteroatoms. The van der Waals surface area contributed by atoms with Crippen LogP contribution in [0.4, 0.5) is 0 Å². The van der Waals surface area contributed by atoms with Crippen LogP contribution in [0.1, 0.15) is 49.1 Å². The first-order valence-electron chi connectivity index (χ1n) is 18.1. The maximum Gasteiger partial charge on any atom is 0.244 e. The van der Waals surface area contributed by atoms with Crippen LogP contribution in [0.2, 0.25) is 0 Å². The maximum absolute atomic E-state index is 14.2. The standard InChI is InChI=1S/C38H49N11O5/c39-37(40)43-17-6-12-28-35(53)48-30(21-23-14-15-24-8-4-5-11-26(24)20-23)33(51)45-22-31(50)49-19-16-27(25-9-2-1-3-10-25)32(49)36(54)47-29(34(52)46-28)13-7-18-44-38(41)42/h1-5,8-11,14-15,20,27-30,32H,6-7,12-13,16-19,21-22H2,(H,45,51)(H,46,52)(H,47,54)(H,48,53)(H4,39,40,43)(H4,41,42,44)/t27-,28+,29+,30+,32-/m1/s1. The van der Waals surface area contributed by atoms with Gasteiger partial charge in [-0.25, -0.2) is 0 Å². The first kappa shape index (κ1) is 39.0. The van der Waals surface area contributed by atoms with Crippen molar-refractivity contribution in [3.05, 3.63) is 83.9 Å². The van der Waals surface area contributed by atoms with Crippen LogP contribution < -0.4 is 44.2 Å². The number of hydrogen-bond donors (Lipinski definition) is 8. The molecule has 0 radical (unpaired) electrons. The molecule has 2 fully saturated rings. The summed E-state index contributed by atoms with van der Waals surface area (Å²) in [5, 5.41) is 13.2. The summed E-state index contributed by atoms with van der Waals surface area (Å²) in [7, 11) is 0. The van der Waals surface area contributed by atoms with E-state index in [0.29, 0.717) is 19.3 Å². The molecule has 2 aliphatic heterocycles. The summed E-state index contributed by atoms with van der Waals surface area (Å²) in [6.07, 6.45) is 1.45. The number of rotatable bonds is 11. The van der Waals surface area contributed by atoms with Gasteiger partial charge in [-0.2, -0.15) is 0 Å². The molecule has 2 heterocycles. The lowest BCUT2D eigenvalue weighted by molar-refractivity contribution is -0.140. The lowest BCUT2D eigenvalue weighted by Crippen LogP contribution is -2.58. The van der Waals surface area contributed by atoms with E-state index in [1.807, 2.05) is 72.8 Å². The molecule has 0 aromatic heterocycles. The minimum absolute atomic E-state index is 0.0984. The molecule has 54 heavy (non-hydrogen) atoms. The number of nitrogens with two attached hydrogens (primary N) is 4. The maximum atomic E-state index is 14.2. The number of carbonyl (C=O) groups excluding carboxylic acids is 5. The normalized spacial score (nSPS) is 22.5. The molecule has 5 amide bonds. The van der Waals surface area contributed by atoms with Crippen LogP contribution in [-0.2, 0) is 30.4 Å². The van der Waals surface area contributed by atoms with Crippen molar-refractivity contribution in [1.82, 2.24) is 26.2 Å². The van der Waals surface area contributed by atoms with Crippen LogP contribution in [0.25, 0.3) is 10.8 Å². The predicted molar refractivity (Wildman–Crippen MR) is 206 cm³/mol. The third-order valence-corrected chi connectivity index (χ3v) is 9.67. The Morgan fingerprint density at radius 2 is 1.24 bits per heavy atom. The molecular formula is C38H49N11O5. The zero-order valence-corrected chi connectivity index (χ0v) is 30.1. The van der Waals surface area contributed by atoms with Crippen LogP contribution in [0.15, 0.2) is 82.8 Å². The molecule has 0 spiro atoms. The van der Waals surface area contributed by atoms with Gasteiger partial charge >= 0.3 is 0 Å². The molecule has 2 aliphatic rings. The fourth-order valence-electron chi connectivity index (χ4n) is 6.99. The molecule has 16 nitrogen and oxygen atoms in total. The number of amides is 5. The van der Waals surface area contributed by atoms with Crippen LogP contribution in [-0.4, -0.2) is 96.7 Å². The topological polar surface area (TPSA) is 266 Å². The number of hydrogen-bond acceptors (Lipinski definition) is 7. The summed E-state index contributed by atoms with van der Waals surface area (Å²) in [6.45, 7) is 0.218. The van der Waals surface area contributed by atoms with Crippen molar-refractivity contribution in [1.29, 1.82) is 0 Å². The Kier molecular flexibility index (Phi) is 13.4. The number of carbonyl (C=O) groups is 5. The second-order valence-corrected chi connectivity index (χ2v) is 13.5. The molecular weight excluding hydrogens is 690 g/mol. The Hall–Kier alpha value is -6.19. The number of aliphatic imine (C=N–C) groups is 2. The Bertz CT molecular complexity index is 1880. The molecule has 5 atom stereocenters. The lowest BCUT2D eigenvalue weighted by Gasteiger charge is -2.30. The highest BCUT2D eigenvalue weighted by atomic mass is 16.2. The Morgan fingerprint density at radius 1 is 0.667 bits per heavy atom. The van der Waals surface area contributed by atoms with E-state index in [9.17, 15) is 24.0 Å². The average molecular weight is 740 g/mol. The van der Waals surface area contributed by atoms with Gasteiger partial charge in [0.25, 0.3) is 0 Å². The van der Waals surface area contributed by atoms with Crippen molar-refractivity contribution in [2.24, 2.45) is 32.9 Å². The number of benzene rings is 3. The predicted octanol–water partition coefficient (Wildman–Crippen LogP) is -0.542. The van der Waals surface area contributed by atoms with Gasteiger partial charge < -0.3 is 49.1 Å². The van der Waals surface area contributed by atoms with Gasteiger partial charge in [-0.05, 0) is 54.0 Å². The summed E-state index contributed by atoms with van der Waals surface area (Å²) in [5.41, 5.74) is 23.6. The summed E-state index contributed by atoms with van der Waals surface area (Å²) in [5.74, 6) is -3.49. The number of nitrogens with zero attached hydrogens (tertiary/aromatic N) is 3. The van der Waals surface area contributed by atoms with Gasteiger partial charge in [-0.1, -0.05) is 72.8 Å². The van der Waals surface area contributed by atoms with Crippen molar-refractivity contribution < 1.29 is 24.0 Å². The smallest absolute Gasteiger partial charge is 0.244 e. The summed E-state index contributed by atoms with van der Waals surface area (Å²) >= 11 is 0. The fourth-order valence-corrected chi connectivity index (χ4v) is 6.99. The van der Waals surface area contributed by atoms with Gasteiger partial charge in [0.15, 0.2) is 11.9 Å². The highest BCUT2D eigenvalue weighted by Gasteiger charge is 2.44. The molecule has 12 N–H and O–H groups in total. The quantitative estimate of drug-likeness (QED) is 0.0712. The second-order valence-electron chi connectivity index (χ2n) is 13.5. The van der Waals surface area contributed by atoms with E-state index in [1.54, 1.807) is 0 Å². The fraction of sp³-hybridized carbons (Fsp3) is 0.395. The molecule has 0 unspecified atom stereocenters. The molecule has 0 aliphatic carbocycles. The molecule has 286 valence electrons. The average Bonchev–Trinajstić information content (AvgIpc) is 3.61. The first-order chi connectivity index (χ1) is 26.0. The first-order valence-corrected chi connectivity index (χ1v) is 18.1. The van der Waals surface area contributed by atoms with E-state index >= 15 is 0 Å². The minimum atomic E-state index is -1.14. The Balaban J connectivity index is 1.49. The van der Waals surface area contributed by atoms with E-state index in [0.717, 1.165) is 21.9 Å². The van der Waals surface area contributed by atoms with Crippen molar-refractivity contribution in [3.8, 4) is 0 Å². The SMILES string of the molecule is NC(N)=NCCC[C@@H]1NC(=O)[C@H](CCCN=C(N)N)NC(=O)[C@H]2[C@@H](c3ccccc3)CCN2C(=O)CNC(=O)[C@H](Cc2ccc3ccccc3c2)NC1=O. The largest absolute Gasteiger partial charge is 0.370 e. The van der Waals surface area contributed by atoms with E-state index in [-0.39, 0.29) is 56.7 Å². The minimum Gasteiger partial charge on any atom is -0.370 e. The van der Waals surface area contributed by atoms with E-state index in [2.05, 4.69) is 31.3 Å². The molecule has 0 saturated carbocycles. The van der Waals surface area contributed by atoms with Gasteiger partial charge in [-0.15, -0.1) is 0 Å². The molecule has 3 aromatic carbocycles. The number of fused-ring (bicyclic) bond motifs is 2. The van der Waals surface area contributed by atoms with Gasteiger partial charge in [0.2, 0.25) is 29.5 Å². The summed E-state index contributed by atoms with van der Waals surface area (Å²) < 4.78 is 0. The highest BCUT2D eigenvalue weighted by molar-refractivity contribution is 5.98. The third kappa shape index (κ3) is 10.5. The zero-order chi connectivity index (χ0) is 38.6. The van der Waals surface area contributed by atoms with Crippen LogP contribution in [0.3, 0.4) is 0 Å². The van der Waals surface area contributed by atoms with Crippen molar-refractivity contribution >= 4 is 52.2 Å². The molecule has 3 aromatic rings. The van der Waals surface area contributed by atoms with Crippen molar-refractivity contribution in [3.63, 3.8) is 0 Å². The van der Waals surface area contributed by atoms with Gasteiger partial charge in [0.05, 0.1) is 6.54 Å². The molecule has 2 saturated heterocycles.